The van der Waals surface area contributed by atoms with E-state index in [1.807, 2.05) is 0 Å². The Kier molecular flexibility index (Phi) is 4.41. The van der Waals surface area contributed by atoms with Gasteiger partial charge >= 0.3 is 10.1 Å². The van der Waals surface area contributed by atoms with Gasteiger partial charge in [-0.25, -0.2) is 0 Å². The molecule has 1 aliphatic carbocycles. The number of nitro benzene ring substituents is 1. The standard InChI is InChI=1S/C14H12N2O6S/c1-9-10(2)14(17)7-6-13(9)15-22-23(20,21)12-5-3-4-11(8-12)16(18)19/h3-8H,1-2H3. The molecule has 1 aromatic rings. The summed E-state index contributed by atoms with van der Waals surface area (Å²) >= 11 is 0. The number of carbonyl (C=O) groups excluding carboxylic acids is 1. The van der Waals surface area contributed by atoms with Gasteiger partial charge in [0.15, 0.2) is 5.78 Å². The van der Waals surface area contributed by atoms with Crippen LogP contribution in [-0.2, 0) is 19.2 Å². The van der Waals surface area contributed by atoms with Crippen LogP contribution in [0.5, 0.6) is 0 Å². The number of nitrogens with zero attached hydrogens (tertiary/aromatic N) is 2. The number of benzene rings is 1. The molecule has 0 aromatic heterocycles. The predicted octanol–water partition coefficient (Wildman–Crippen LogP) is 2.13. The highest BCUT2D eigenvalue weighted by Crippen LogP contribution is 2.20. The first kappa shape index (κ1) is 16.6. The van der Waals surface area contributed by atoms with Crippen molar-refractivity contribution in [3.63, 3.8) is 0 Å². The van der Waals surface area contributed by atoms with Crippen molar-refractivity contribution in [2.45, 2.75) is 18.7 Å². The Balaban J connectivity index is 2.31. The third kappa shape index (κ3) is 3.51. The molecule has 9 heteroatoms. The quantitative estimate of drug-likeness (QED) is 0.472. The van der Waals surface area contributed by atoms with Crippen LogP contribution in [0.1, 0.15) is 13.8 Å². The van der Waals surface area contributed by atoms with Gasteiger partial charge in [-0.1, -0.05) is 11.2 Å². The molecule has 0 aliphatic heterocycles. The van der Waals surface area contributed by atoms with Crippen molar-refractivity contribution in [1.29, 1.82) is 0 Å². The largest absolute Gasteiger partial charge is 0.358 e. The SMILES string of the molecule is CC1=C(C)C(=NOS(=O)(=O)c2cccc([N+](=O)[O-])c2)C=CC1=O. The zero-order valence-corrected chi connectivity index (χ0v) is 13.0. The maximum atomic E-state index is 12.0. The zero-order chi connectivity index (χ0) is 17.2. The van der Waals surface area contributed by atoms with Crippen LogP contribution in [0.15, 0.2) is 57.6 Å². The summed E-state index contributed by atoms with van der Waals surface area (Å²) in [5.74, 6) is -0.192. The van der Waals surface area contributed by atoms with Crippen molar-refractivity contribution in [2.75, 3.05) is 0 Å². The number of non-ortho nitro benzene ring substituents is 1. The third-order valence-corrected chi connectivity index (χ3v) is 4.36. The van der Waals surface area contributed by atoms with Gasteiger partial charge in [0, 0.05) is 17.7 Å². The van der Waals surface area contributed by atoms with E-state index < -0.39 is 15.0 Å². The molecule has 0 bridgehead atoms. The molecule has 0 saturated carbocycles. The summed E-state index contributed by atoms with van der Waals surface area (Å²) in [5, 5.41) is 14.2. The number of carbonyl (C=O) groups is 1. The van der Waals surface area contributed by atoms with Gasteiger partial charge < -0.3 is 0 Å². The Morgan fingerprint density at radius 3 is 2.52 bits per heavy atom. The molecule has 0 saturated heterocycles. The molecule has 0 spiro atoms. The van der Waals surface area contributed by atoms with Gasteiger partial charge in [0.05, 0.1) is 4.92 Å². The minimum atomic E-state index is -4.30. The molecule has 1 aromatic carbocycles. The van der Waals surface area contributed by atoms with E-state index in [0.29, 0.717) is 11.1 Å². The van der Waals surface area contributed by atoms with Crippen LogP contribution in [0, 0.1) is 10.1 Å². The molecule has 23 heavy (non-hydrogen) atoms. The summed E-state index contributed by atoms with van der Waals surface area (Å²) in [6, 6.07) is 4.44. The van der Waals surface area contributed by atoms with Crippen LogP contribution in [0.3, 0.4) is 0 Å². The van der Waals surface area contributed by atoms with Crippen LogP contribution >= 0.6 is 0 Å². The maximum Gasteiger partial charge on any atom is 0.358 e. The van der Waals surface area contributed by atoms with E-state index >= 15 is 0 Å². The van der Waals surface area contributed by atoms with Gasteiger partial charge in [-0.15, -0.1) is 0 Å². The summed E-state index contributed by atoms with van der Waals surface area (Å²) in [6.45, 7) is 3.20. The maximum absolute atomic E-state index is 12.0. The molecule has 0 atom stereocenters. The van der Waals surface area contributed by atoms with Crippen molar-refractivity contribution in [3.05, 3.63) is 57.7 Å². The van der Waals surface area contributed by atoms with E-state index in [1.54, 1.807) is 13.8 Å². The summed E-state index contributed by atoms with van der Waals surface area (Å²) in [7, 11) is -4.30. The lowest BCUT2D eigenvalue weighted by Gasteiger charge is -2.10. The van der Waals surface area contributed by atoms with Crippen LogP contribution in [-0.4, -0.2) is 24.8 Å². The van der Waals surface area contributed by atoms with E-state index in [9.17, 15) is 23.3 Å². The van der Waals surface area contributed by atoms with Crippen molar-refractivity contribution < 1.29 is 22.4 Å². The molecular weight excluding hydrogens is 324 g/mol. The summed E-state index contributed by atoms with van der Waals surface area (Å²) in [6.07, 6.45) is 2.60. The summed E-state index contributed by atoms with van der Waals surface area (Å²) < 4.78 is 28.7. The van der Waals surface area contributed by atoms with Gasteiger partial charge in [-0.3, -0.25) is 19.2 Å². The molecule has 0 N–H and O–H groups in total. The Morgan fingerprint density at radius 2 is 1.87 bits per heavy atom. The normalized spacial score (nSPS) is 16.8. The van der Waals surface area contributed by atoms with Gasteiger partial charge in [0.1, 0.15) is 10.6 Å². The lowest BCUT2D eigenvalue weighted by molar-refractivity contribution is -0.385. The summed E-state index contributed by atoms with van der Waals surface area (Å²) in [5.41, 5.74) is 0.739. The Labute approximate surface area is 132 Å². The van der Waals surface area contributed by atoms with Crippen LogP contribution in [0.2, 0.25) is 0 Å². The second-order valence-corrected chi connectivity index (χ2v) is 6.24. The molecule has 2 rings (SSSR count). The third-order valence-electron chi connectivity index (χ3n) is 3.26. The van der Waals surface area contributed by atoms with Crippen molar-refractivity contribution in [2.24, 2.45) is 5.16 Å². The van der Waals surface area contributed by atoms with Crippen molar-refractivity contribution in [3.8, 4) is 0 Å². The highest BCUT2D eigenvalue weighted by atomic mass is 32.2. The highest BCUT2D eigenvalue weighted by Gasteiger charge is 2.21. The monoisotopic (exact) mass is 336 g/mol. The van der Waals surface area contributed by atoms with Gasteiger partial charge in [0.2, 0.25) is 0 Å². The average Bonchev–Trinajstić information content (AvgIpc) is 2.52. The van der Waals surface area contributed by atoms with E-state index in [1.165, 1.54) is 18.2 Å². The second kappa shape index (κ2) is 6.13. The minimum Gasteiger partial charge on any atom is -0.290 e. The fourth-order valence-electron chi connectivity index (χ4n) is 1.77. The van der Waals surface area contributed by atoms with Crippen LogP contribution in [0.4, 0.5) is 5.69 Å². The molecule has 0 heterocycles. The predicted molar refractivity (Wildman–Crippen MR) is 81.3 cm³/mol. The van der Waals surface area contributed by atoms with E-state index in [4.69, 9.17) is 0 Å². The molecular formula is C14H12N2O6S. The lowest BCUT2D eigenvalue weighted by atomic mass is 9.97. The Bertz CT molecular complexity index is 880. The fraction of sp³-hybridized carbons (Fsp3) is 0.143. The molecule has 0 amide bonds. The molecule has 0 radical (unpaired) electrons. The molecule has 120 valence electrons. The van der Waals surface area contributed by atoms with Crippen molar-refractivity contribution >= 4 is 27.3 Å². The Hall–Kier alpha value is -2.81. The number of rotatable bonds is 4. The van der Waals surface area contributed by atoms with Crippen molar-refractivity contribution in [1.82, 2.24) is 0 Å². The van der Waals surface area contributed by atoms with Gasteiger partial charge in [0.25, 0.3) is 5.69 Å². The topological polar surface area (TPSA) is 116 Å². The molecule has 1 aliphatic rings. The van der Waals surface area contributed by atoms with E-state index in [-0.39, 0.29) is 22.1 Å². The molecule has 0 fully saturated rings. The zero-order valence-electron chi connectivity index (χ0n) is 12.2. The van der Waals surface area contributed by atoms with E-state index in [2.05, 4.69) is 9.44 Å². The second-order valence-electron chi connectivity index (χ2n) is 4.71. The molecule has 8 nitrogen and oxygen atoms in total. The number of hydrogen-bond acceptors (Lipinski definition) is 7. The molecule has 0 unspecified atom stereocenters. The number of ketones is 1. The number of hydrogen-bond donors (Lipinski definition) is 0. The first-order chi connectivity index (χ1) is 10.7. The average molecular weight is 336 g/mol. The van der Waals surface area contributed by atoms with Crippen LogP contribution in [0.25, 0.3) is 0 Å². The summed E-state index contributed by atoms with van der Waals surface area (Å²) in [4.78, 5) is 21.0. The number of allylic oxidation sites excluding steroid dienone is 4. The van der Waals surface area contributed by atoms with Crippen LogP contribution < -0.4 is 0 Å². The highest BCUT2D eigenvalue weighted by molar-refractivity contribution is 7.86. The number of oxime groups is 1. The first-order valence-electron chi connectivity index (χ1n) is 6.39. The van der Waals surface area contributed by atoms with Gasteiger partial charge in [-0.2, -0.15) is 8.42 Å². The smallest absolute Gasteiger partial charge is 0.290 e. The first-order valence-corrected chi connectivity index (χ1v) is 7.79. The fourth-order valence-corrected chi connectivity index (χ4v) is 2.54. The van der Waals surface area contributed by atoms with Gasteiger partial charge in [-0.05, 0) is 37.6 Å². The van der Waals surface area contributed by atoms with E-state index in [0.717, 1.165) is 18.2 Å². The lowest BCUT2D eigenvalue weighted by Crippen LogP contribution is -2.12. The Morgan fingerprint density at radius 1 is 1.17 bits per heavy atom. The number of nitro groups is 1. The minimum absolute atomic E-state index is 0.191.